The number of hydrogen-bond donors (Lipinski definition) is 2. The minimum absolute atomic E-state index is 0.223. The summed E-state index contributed by atoms with van der Waals surface area (Å²) in [5.41, 5.74) is 8.68. The lowest BCUT2D eigenvalue weighted by molar-refractivity contribution is 0.309. The normalized spacial score (nSPS) is 18.9. The average Bonchev–Trinajstić information content (AvgIpc) is 3.17. The third kappa shape index (κ3) is 3.92. The molecule has 3 N–H and O–H groups in total. The zero-order chi connectivity index (χ0) is 21.4. The number of aromatic nitrogens is 5. The largest absolute Gasteiger partial charge is 0.439 e. The van der Waals surface area contributed by atoms with Crippen LogP contribution in [0.3, 0.4) is 0 Å². The van der Waals surface area contributed by atoms with Gasteiger partial charge in [-0.05, 0) is 50.1 Å². The number of nitrogen functional groups attached to an aromatic ring is 1. The minimum Gasteiger partial charge on any atom is -0.439 e. The Morgan fingerprint density at radius 3 is 2.65 bits per heavy atom. The Balaban J connectivity index is 1.49. The summed E-state index contributed by atoms with van der Waals surface area (Å²) in [6, 6.07) is 11.8. The summed E-state index contributed by atoms with van der Waals surface area (Å²) < 4.78 is 7.78. The molecule has 158 valence electrons. The fourth-order valence-electron chi connectivity index (χ4n) is 3.87. The van der Waals surface area contributed by atoms with Crippen LogP contribution in [-0.4, -0.2) is 37.3 Å². The Bertz CT molecular complexity index is 1200. The van der Waals surface area contributed by atoms with E-state index in [1.54, 1.807) is 18.3 Å². The van der Waals surface area contributed by atoms with Crippen LogP contribution in [0.25, 0.3) is 22.3 Å². The third-order valence-electron chi connectivity index (χ3n) is 5.55. The SMILES string of the molecule is CC1CCC(n2nc(-c3ccc(Oc4ccc(Cl)cn4)cc3)c3c(N)ncnc32)CN1. The van der Waals surface area contributed by atoms with Gasteiger partial charge in [-0.15, -0.1) is 0 Å². The molecule has 2 unspecified atom stereocenters. The van der Waals surface area contributed by atoms with Crippen molar-refractivity contribution in [3.8, 4) is 22.9 Å². The molecule has 0 radical (unpaired) electrons. The Kier molecular flexibility index (Phi) is 5.17. The van der Waals surface area contributed by atoms with Gasteiger partial charge >= 0.3 is 0 Å². The molecule has 9 heteroatoms. The smallest absolute Gasteiger partial charge is 0.219 e. The predicted molar refractivity (Wildman–Crippen MR) is 120 cm³/mol. The maximum Gasteiger partial charge on any atom is 0.219 e. The summed E-state index contributed by atoms with van der Waals surface area (Å²) in [5.74, 6) is 1.56. The van der Waals surface area contributed by atoms with Gasteiger partial charge in [-0.1, -0.05) is 11.6 Å². The number of nitrogens with one attached hydrogen (secondary N) is 1. The van der Waals surface area contributed by atoms with Crippen LogP contribution in [0.5, 0.6) is 11.6 Å². The second-order valence-electron chi connectivity index (χ2n) is 7.73. The van der Waals surface area contributed by atoms with Crippen LogP contribution in [0.15, 0.2) is 48.9 Å². The van der Waals surface area contributed by atoms with E-state index in [0.717, 1.165) is 41.7 Å². The van der Waals surface area contributed by atoms with Gasteiger partial charge < -0.3 is 15.8 Å². The maximum atomic E-state index is 6.24. The first-order valence-electron chi connectivity index (χ1n) is 10.2. The number of hydrogen-bond acceptors (Lipinski definition) is 7. The number of benzene rings is 1. The quantitative estimate of drug-likeness (QED) is 0.494. The van der Waals surface area contributed by atoms with Crippen molar-refractivity contribution < 1.29 is 4.74 Å². The van der Waals surface area contributed by atoms with Gasteiger partial charge in [0.1, 0.15) is 23.6 Å². The van der Waals surface area contributed by atoms with E-state index < -0.39 is 0 Å². The highest BCUT2D eigenvalue weighted by Gasteiger charge is 2.25. The van der Waals surface area contributed by atoms with Gasteiger partial charge in [0.05, 0.1) is 16.5 Å². The molecule has 4 heterocycles. The predicted octanol–water partition coefficient (Wildman–Crippen LogP) is 4.23. The molecule has 8 nitrogen and oxygen atoms in total. The Morgan fingerprint density at radius 2 is 1.94 bits per heavy atom. The van der Waals surface area contributed by atoms with Crippen molar-refractivity contribution in [3.05, 3.63) is 53.9 Å². The average molecular weight is 436 g/mol. The first kappa shape index (κ1) is 19.7. The molecule has 0 saturated carbocycles. The van der Waals surface area contributed by atoms with E-state index >= 15 is 0 Å². The lowest BCUT2D eigenvalue weighted by Gasteiger charge is -2.27. The fraction of sp³-hybridized carbons (Fsp3) is 0.273. The number of piperidine rings is 1. The van der Waals surface area contributed by atoms with E-state index in [0.29, 0.717) is 28.5 Å². The number of rotatable bonds is 4. The van der Waals surface area contributed by atoms with E-state index in [1.807, 2.05) is 28.9 Å². The van der Waals surface area contributed by atoms with Gasteiger partial charge in [0.15, 0.2) is 5.65 Å². The van der Waals surface area contributed by atoms with Crippen molar-refractivity contribution in [1.82, 2.24) is 30.0 Å². The monoisotopic (exact) mass is 435 g/mol. The zero-order valence-corrected chi connectivity index (χ0v) is 17.8. The van der Waals surface area contributed by atoms with E-state index in [9.17, 15) is 0 Å². The molecule has 2 atom stereocenters. The molecule has 0 bridgehead atoms. The first-order valence-corrected chi connectivity index (χ1v) is 10.6. The standard InChI is InChI=1S/C22H22ClN7O/c1-13-2-6-16(11-25-13)30-22-19(21(24)27-12-28-22)20(29-30)14-3-7-17(8-4-14)31-18-9-5-15(23)10-26-18/h3-5,7-10,12-13,16,25H,2,6,11H2,1H3,(H2,24,27,28). The van der Waals surface area contributed by atoms with Gasteiger partial charge in [0.2, 0.25) is 5.88 Å². The molecule has 0 amide bonds. The highest BCUT2D eigenvalue weighted by atomic mass is 35.5. The van der Waals surface area contributed by atoms with Crippen LogP contribution >= 0.6 is 11.6 Å². The molecule has 1 fully saturated rings. The van der Waals surface area contributed by atoms with E-state index in [4.69, 9.17) is 27.2 Å². The number of nitrogens with zero attached hydrogens (tertiary/aromatic N) is 5. The number of nitrogens with two attached hydrogens (primary N) is 1. The molecular formula is C22H22ClN7O. The van der Waals surface area contributed by atoms with Crippen molar-refractivity contribution in [2.45, 2.75) is 31.8 Å². The van der Waals surface area contributed by atoms with Crippen molar-refractivity contribution >= 4 is 28.5 Å². The summed E-state index contributed by atoms with van der Waals surface area (Å²) in [4.78, 5) is 12.9. The molecule has 1 saturated heterocycles. The molecule has 1 aliphatic rings. The second-order valence-corrected chi connectivity index (χ2v) is 8.17. The van der Waals surface area contributed by atoms with E-state index in [-0.39, 0.29) is 6.04 Å². The number of anilines is 1. The molecular weight excluding hydrogens is 414 g/mol. The first-order chi connectivity index (χ1) is 15.1. The van der Waals surface area contributed by atoms with Crippen molar-refractivity contribution in [2.75, 3.05) is 12.3 Å². The van der Waals surface area contributed by atoms with Gasteiger partial charge in [0, 0.05) is 30.4 Å². The number of pyridine rings is 1. The minimum atomic E-state index is 0.223. The van der Waals surface area contributed by atoms with E-state index in [2.05, 4.69) is 27.2 Å². The lowest BCUT2D eigenvalue weighted by atomic mass is 10.0. The van der Waals surface area contributed by atoms with Crippen LogP contribution in [0.4, 0.5) is 5.82 Å². The summed E-state index contributed by atoms with van der Waals surface area (Å²) in [6.45, 7) is 3.05. The summed E-state index contributed by atoms with van der Waals surface area (Å²) in [7, 11) is 0. The van der Waals surface area contributed by atoms with Gasteiger partial charge in [-0.25, -0.2) is 19.6 Å². The van der Waals surface area contributed by atoms with Crippen LogP contribution in [-0.2, 0) is 0 Å². The molecule has 1 aliphatic heterocycles. The fourth-order valence-corrected chi connectivity index (χ4v) is 3.98. The van der Waals surface area contributed by atoms with Gasteiger partial charge in [-0.2, -0.15) is 5.10 Å². The highest BCUT2D eigenvalue weighted by Crippen LogP contribution is 2.34. The molecule has 31 heavy (non-hydrogen) atoms. The molecule has 0 aliphatic carbocycles. The Labute approximate surface area is 184 Å². The van der Waals surface area contributed by atoms with Crippen LogP contribution in [0.1, 0.15) is 25.8 Å². The third-order valence-corrected chi connectivity index (χ3v) is 5.77. The lowest BCUT2D eigenvalue weighted by Crippen LogP contribution is -2.38. The topological polar surface area (TPSA) is 104 Å². The second kappa shape index (κ2) is 8.13. The Hall–Kier alpha value is -3.23. The number of ether oxygens (including phenoxy) is 1. The summed E-state index contributed by atoms with van der Waals surface area (Å²) >= 11 is 5.88. The van der Waals surface area contributed by atoms with Crippen LogP contribution < -0.4 is 15.8 Å². The zero-order valence-electron chi connectivity index (χ0n) is 17.0. The van der Waals surface area contributed by atoms with Crippen molar-refractivity contribution in [1.29, 1.82) is 0 Å². The summed E-state index contributed by atoms with van der Waals surface area (Å²) in [6.07, 6.45) is 5.17. The van der Waals surface area contributed by atoms with Gasteiger partial charge in [-0.3, -0.25) is 0 Å². The molecule has 0 spiro atoms. The molecule has 3 aromatic heterocycles. The van der Waals surface area contributed by atoms with Crippen molar-refractivity contribution in [3.63, 3.8) is 0 Å². The van der Waals surface area contributed by atoms with Crippen LogP contribution in [0.2, 0.25) is 5.02 Å². The number of fused-ring (bicyclic) bond motifs is 1. The van der Waals surface area contributed by atoms with Crippen molar-refractivity contribution in [2.24, 2.45) is 0 Å². The molecule has 1 aromatic carbocycles. The van der Waals surface area contributed by atoms with Gasteiger partial charge in [0.25, 0.3) is 0 Å². The summed E-state index contributed by atoms with van der Waals surface area (Å²) in [5, 5.41) is 9.78. The number of halogens is 1. The Morgan fingerprint density at radius 1 is 1.10 bits per heavy atom. The maximum absolute atomic E-state index is 6.24. The molecule has 4 aromatic rings. The molecule has 5 rings (SSSR count). The highest BCUT2D eigenvalue weighted by molar-refractivity contribution is 6.30. The van der Waals surface area contributed by atoms with E-state index in [1.165, 1.54) is 6.33 Å². The van der Waals surface area contributed by atoms with Crippen LogP contribution in [0, 0.1) is 0 Å².